The van der Waals surface area contributed by atoms with Crippen molar-refractivity contribution in [3.8, 4) is 0 Å². The van der Waals surface area contributed by atoms with Gasteiger partial charge in [0.05, 0.1) is 12.1 Å². The Morgan fingerprint density at radius 3 is 2.43 bits per heavy atom. The molecule has 1 aromatic carbocycles. The van der Waals surface area contributed by atoms with E-state index in [1.807, 2.05) is 54.0 Å². The molecular weight excluding hydrogens is 258 g/mol. The standard InChI is InChI=1S/C19H21NO/c1-5-6-12-18-15(3)14(2)16(4)20(18)19(21)13-17-10-8-7-9-11-17/h5-12H,1,13H2,2-4H3/b12-6-. The lowest BCUT2D eigenvalue weighted by Crippen LogP contribution is -2.16. The molecule has 0 aliphatic carbocycles. The van der Waals surface area contributed by atoms with E-state index >= 15 is 0 Å². The van der Waals surface area contributed by atoms with E-state index in [9.17, 15) is 4.79 Å². The molecule has 2 nitrogen and oxygen atoms in total. The molecule has 2 rings (SSSR count). The van der Waals surface area contributed by atoms with Gasteiger partial charge in [0.25, 0.3) is 0 Å². The van der Waals surface area contributed by atoms with Crippen LogP contribution in [0, 0.1) is 20.8 Å². The molecule has 0 atom stereocenters. The van der Waals surface area contributed by atoms with Gasteiger partial charge < -0.3 is 0 Å². The van der Waals surface area contributed by atoms with Gasteiger partial charge in [-0.2, -0.15) is 0 Å². The maximum atomic E-state index is 12.7. The summed E-state index contributed by atoms with van der Waals surface area (Å²) < 4.78 is 1.82. The Labute approximate surface area is 126 Å². The lowest BCUT2D eigenvalue weighted by molar-refractivity contribution is 0.0911. The summed E-state index contributed by atoms with van der Waals surface area (Å²) in [5.74, 6) is 0.0959. The molecule has 2 aromatic rings. The average Bonchev–Trinajstić information content (AvgIpc) is 2.70. The van der Waals surface area contributed by atoms with E-state index in [1.165, 1.54) is 5.56 Å². The van der Waals surface area contributed by atoms with E-state index in [4.69, 9.17) is 0 Å². The summed E-state index contributed by atoms with van der Waals surface area (Å²) in [5.41, 5.74) is 5.31. The van der Waals surface area contributed by atoms with E-state index in [2.05, 4.69) is 20.4 Å². The second-order valence-electron chi connectivity index (χ2n) is 5.21. The Balaban J connectivity index is 2.42. The van der Waals surface area contributed by atoms with E-state index in [0.29, 0.717) is 6.42 Å². The molecular formula is C19H21NO. The van der Waals surface area contributed by atoms with Crippen molar-refractivity contribution in [2.45, 2.75) is 27.2 Å². The van der Waals surface area contributed by atoms with Crippen molar-refractivity contribution in [1.82, 2.24) is 4.57 Å². The summed E-state index contributed by atoms with van der Waals surface area (Å²) in [6, 6.07) is 9.84. The van der Waals surface area contributed by atoms with E-state index < -0.39 is 0 Å². The van der Waals surface area contributed by atoms with E-state index in [0.717, 1.165) is 22.5 Å². The Kier molecular flexibility index (Phi) is 4.59. The molecule has 0 saturated heterocycles. The zero-order valence-corrected chi connectivity index (χ0v) is 12.9. The molecule has 0 amide bonds. The number of rotatable bonds is 4. The summed E-state index contributed by atoms with van der Waals surface area (Å²) in [6.45, 7) is 9.80. The highest BCUT2D eigenvalue weighted by Crippen LogP contribution is 2.23. The molecule has 0 unspecified atom stereocenters. The number of nitrogens with zero attached hydrogens (tertiary/aromatic N) is 1. The van der Waals surface area contributed by atoms with Crippen LogP contribution in [0.25, 0.3) is 6.08 Å². The van der Waals surface area contributed by atoms with Crippen molar-refractivity contribution in [2.24, 2.45) is 0 Å². The second kappa shape index (κ2) is 6.40. The maximum absolute atomic E-state index is 12.7. The number of hydrogen-bond acceptors (Lipinski definition) is 1. The third kappa shape index (κ3) is 3.05. The minimum Gasteiger partial charge on any atom is -0.284 e. The largest absolute Gasteiger partial charge is 0.284 e. The highest BCUT2D eigenvalue weighted by Gasteiger charge is 2.17. The third-order valence-corrected chi connectivity index (χ3v) is 3.90. The van der Waals surface area contributed by atoms with Gasteiger partial charge in [-0.3, -0.25) is 9.36 Å². The normalized spacial score (nSPS) is 11.0. The summed E-state index contributed by atoms with van der Waals surface area (Å²) in [5, 5.41) is 0. The van der Waals surface area contributed by atoms with Gasteiger partial charge in [0.2, 0.25) is 5.91 Å². The molecule has 108 valence electrons. The predicted molar refractivity (Wildman–Crippen MR) is 88.6 cm³/mol. The van der Waals surface area contributed by atoms with Crippen LogP contribution in [-0.4, -0.2) is 10.5 Å². The fraction of sp³-hybridized carbons (Fsp3) is 0.211. The summed E-state index contributed by atoms with van der Waals surface area (Å²) in [7, 11) is 0. The second-order valence-corrected chi connectivity index (χ2v) is 5.21. The van der Waals surface area contributed by atoms with Crippen molar-refractivity contribution in [3.63, 3.8) is 0 Å². The molecule has 0 N–H and O–H groups in total. The van der Waals surface area contributed by atoms with Gasteiger partial charge in [-0.25, -0.2) is 0 Å². The lowest BCUT2D eigenvalue weighted by Gasteiger charge is -2.09. The van der Waals surface area contributed by atoms with Crippen LogP contribution in [0.15, 0.2) is 49.1 Å². The zero-order valence-electron chi connectivity index (χ0n) is 12.9. The fourth-order valence-corrected chi connectivity index (χ4v) is 2.51. The van der Waals surface area contributed by atoms with Crippen LogP contribution in [0.1, 0.15) is 32.9 Å². The fourth-order valence-electron chi connectivity index (χ4n) is 2.51. The number of hydrogen-bond donors (Lipinski definition) is 0. The minimum atomic E-state index is 0.0959. The van der Waals surface area contributed by atoms with Crippen LogP contribution in [0.2, 0.25) is 0 Å². The molecule has 1 aromatic heterocycles. The summed E-state index contributed by atoms with van der Waals surface area (Å²) in [6.07, 6.45) is 5.95. The van der Waals surface area contributed by atoms with Crippen molar-refractivity contribution in [3.05, 3.63) is 77.1 Å². The highest BCUT2D eigenvalue weighted by molar-refractivity contribution is 5.85. The molecule has 0 fully saturated rings. The molecule has 0 radical (unpaired) electrons. The number of aromatic nitrogens is 1. The van der Waals surface area contributed by atoms with E-state index in [1.54, 1.807) is 6.08 Å². The summed E-state index contributed by atoms with van der Waals surface area (Å²) in [4.78, 5) is 12.7. The van der Waals surface area contributed by atoms with Gasteiger partial charge in [0.15, 0.2) is 0 Å². The molecule has 1 heterocycles. The van der Waals surface area contributed by atoms with Crippen molar-refractivity contribution >= 4 is 12.0 Å². The first-order valence-corrected chi connectivity index (χ1v) is 7.11. The predicted octanol–water partition coefficient (Wildman–Crippen LogP) is 4.50. The van der Waals surface area contributed by atoms with Crippen molar-refractivity contribution < 1.29 is 4.79 Å². The van der Waals surface area contributed by atoms with Crippen molar-refractivity contribution in [2.75, 3.05) is 0 Å². The van der Waals surface area contributed by atoms with Crippen LogP contribution in [-0.2, 0) is 6.42 Å². The number of carbonyl (C=O) groups excluding carboxylic acids is 1. The molecule has 2 heteroatoms. The maximum Gasteiger partial charge on any atom is 0.235 e. The van der Waals surface area contributed by atoms with Gasteiger partial charge >= 0.3 is 0 Å². The molecule has 0 saturated carbocycles. The quantitative estimate of drug-likeness (QED) is 0.755. The Morgan fingerprint density at radius 2 is 1.81 bits per heavy atom. The minimum absolute atomic E-state index is 0.0959. The Bertz CT molecular complexity index is 690. The average molecular weight is 279 g/mol. The number of carbonyl (C=O) groups is 1. The number of benzene rings is 1. The monoisotopic (exact) mass is 279 g/mol. The van der Waals surface area contributed by atoms with Crippen LogP contribution in [0.3, 0.4) is 0 Å². The third-order valence-electron chi connectivity index (χ3n) is 3.90. The first-order valence-electron chi connectivity index (χ1n) is 7.11. The van der Waals surface area contributed by atoms with Crippen LogP contribution in [0.5, 0.6) is 0 Å². The first kappa shape index (κ1) is 15.0. The van der Waals surface area contributed by atoms with Crippen LogP contribution in [0.4, 0.5) is 0 Å². The molecule has 21 heavy (non-hydrogen) atoms. The van der Waals surface area contributed by atoms with Gasteiger partial charge in [-0.15, -0.1) is 0 Å². The van der Waals surface area contributed by atoms with Gasteiger partial charge in [0.1, 0.15) is 0 Å². The number of allylic oxidation sites excluding steroid dienone is 2. The smallest absolute Gasteiger partial charge is 0.235 e. The Hall–Kier alpha value is -2.35. The highest BCUT2D eigenvalue weighted by atomic mass is 16.2. The molecule has 0 bridgehead atoms. The lowest BCUT2D eigenvalue weighted by atomic mass is 10.1. The SMILES string of the molecule is C=C/C=C\c1c(C)c(C)c(C)n1C(=O)Cc1ccccc1. The molecule has 0 aliphatic heterocycles. The first-order chi connectivity index (χ1) is 10.1. The van der Waals surface area contributed by atoms with E-state index in [-0.39, 0.29) is 5.91 Å². The Morgan fingerprint density at radius 1 is 1.14 bits per heavy atom. The van der Waals surface area contributed by atoms with Gasteiger partial charge in [0, 0.05) is 5.69 Å². The topological polar surface area (TPSA) is 22.0 Å². The van der Waals surface area contributed by atoms with Gasteiger partial charge in [-0.05, 0) is 43.5 Å². The van der Waals surface area contributed by atoms with Gasteiger partial charge in [-0.1, -0.05) is 49.1 Å². The van der Waals surface area contributed by atoms with Crippen LogP contribution < -0.4 is 0 Å². The van der Waals surface area contributed by atoms with Crippen molar-refractivity contribution in [1.29, 1.82) is 0 Å². The molecule has 0 spiro atoms. The zero-order chi connectivity index (χ0) is 15.4. The summed E-state index contributed by atoms with van der Waals surface area (Å²) >= 11 is 0. The molecule has 0 aliphatic rings. The van der Waals surface area contributed by atoms with Crippen LogP contribution >= 0.6 is 0 Å².